The van der Waals surface area contributed by atoms with Gasteiger partial charge in [-0.1, -0.05) is 13.8 Å². The Morgan fingerprint density at radius 1 is 1.54 bits per heavy atom. The number of carbonyl (C=O) groups is 1. The van der Waals surface area contributed by atoms with E-state index in [1.54, 1.807) is 6.92 Å². The van der Waals surface area contributed by atoms with Crippen molar-refractivity contribution in [1.82, 2.24) is 5.32 Å². The van der Waals surface area contributed by atoms with E-state index in [4.69, 9.17) is 10.8 Å². The molecule has 4 N–H and O–H groups in total. The Morgan fingerprint density at radius 3 is 2.23 bits per heavy atom. The van der Waals surface area contributed by atoms with Gasteiger partial charge in [-0.25, -0.2) is 0 Å². The van der Waals surface area contributed by atoms with Crippen molar-refractivity contribution in [2.45, 2.75) is 45.2 Å². The molecule has 0 aromatic heterocycles. The van der Waals surface area contributed by atoms with E-state index < -0.39 is 11.6 Å². The Kier molecular flexibility index (Phi) is 4.95. The van der Waals surface area contributed by atoms with Gasteiger partial charge in [-0.2, -0.15) is 0 Å². The van der Waals surface area contributed by atoms with Gasteiger partial charge in [0.15, 0.2) is 0 Å². The van der Waals surface area contributed by atoms with Crippen LogP contribution in [-0.2, 0) is 4.79 Å². The third kappa shape index (κ3) is 3.32. The average molecular weight is 188 g/mol. The lowest BCUT2D eigenvalue weighted by Crippen LogP contribution is -2.54. The molecule has 78 valence electrons. The molecule has 0 spiro atoms. The van der Waals surface area contributed by atoms with Crippen LogP contribution in [0.25, 0.3) is 0 Å². The molecular formula is C9H20N2O2. The van der Waals surface area contributed by atoms with Gasteiger partial charge in [0.1, 0.15) is 0 Å². The Bertz CT molecular complexity index is 157. The summed E-state index contributed by atoms with van der Waals surface area (Å²) in [5.41, 5.74) is 4.92. The second-order valence-electron chi connectivity index (χ2n) is 3.42. The molecule has 0 aromatic rings. The highest BCUT2D eigenvalue weighted by atomic mass is 16.3. The number of nitrogens with one attached hydrogen (secondary N) is 1. The van der Waals surface area contributed by atoms with Crippen LogP contribution in [0.5, 0.6) is 0 Å². The molecule has 0 heterocycles. The lowest BCUT2D eigenvalue weighted by Gasteiger charge is -2.31. The lowest BCUT2D eigenvalue weighted by molar-refractivity contribution is -0.124. The van der Waals surface area contributed by atoms with Gasteiger partial charge in [0.2, 0.25) is 5.91 Å². The molecule has 1 unspecified atom stereocenters. The maximum atomic E-state index is 11.3. The van der Waals surface area contributed by atoms with Crippen molar-refractivity contribution in [1.29, 1.82) is 0 Å². The molecule has 4 heteroatoms. The van der Waals surface area contributed by atoms with Gasteiger partial charge < -0.3 is 16.2 Å². The van der Waals surface area contributed by atoms with Crippen LogP contribution < -0.4 is 11.1 Å². The first-order chi connectivity index (χ1) is 6.01. The van der Waals surface area contributed by atoms with Gasteiger partial charge in [-0.15, -0.1) is 0 Å². The van der Waals surface area contributed by atoms with Crippen molar-refractivity contribution < 1.29 is 9.90 Å². The van der Waals surface area contributed by atoms with Crippen LogP contribution in [0, 0.1) is 0 Å². The monoisotopic (exact) mass is 188 g/mol. The quantitative estimate of drug-likeness (QED) is 0.568. The van der Waals surface area contributed by atoms with E-state index in [0.717, 1.165) is 0 Å². The second-order valence-corrected chi connectivity index (χ2v) is 3.42. The van der Waals surface area contributed by atoms with Crippen LogP contribution in [0.4, 0.5) is 0 Å². The highest BCUT2D eigenvalue weighted by molar-refractivity contribution is 5.81. The fraction of sp³-hybridized carbons (Fsp3) is 0.889. The summed E-state index contributed by atoms with van der Waals surface area (Å²) in [6.07, 6.45) is 1.41. The number of hydrogen-bond donors (Lipinski definition) is 3. The highest BCUT2D eigenvalue weighted by Gasteiger charge is 2.27. The lowest BCUT2D eigenvalue weighted by atomic mass is 9.93. The number of amides is 1. The van der Waals surface area contributed by atoms with E-state index in [9.17, 15) is 4.79 Å². The zero-order chi connectivity index (χ0) is 10.5. The molecule has 0 aromatic carbocycles. The summed E-state index contributed by atoms with van der Waals surface area (Å²) >= 11 is 0. The topological polar surface area (TPSA) is 75.3 Å². The van der Waals surface area contributed by atoms with Crippen LogP contribution in [-0.4, -0.2) is 29.2 Å². The first-order valence-electron chi connectivity index (χ1n) is 4.69. The van der Waals surface area contributed by atoms with Crippen molar-refractivity contribution in [2.75, 3.05) is 6.61 Å². The van der Waals surface area contributed by atoms with Gasteiger partial charge >= 0.3 is 0 Å². The maximum absolute atomic E-state index is 11.3. The summed E-state index contributed by atoms with van der Waals surface area (Å²) in [6.45, 7) is 5.45. The van der Waals surface area contributed by atoms with Crippen LogP contribution in [0.15, 0.2) is 0 Å². The summed E-state index contributed by atoms with van der Waals surface area (Å²) in [5.74, 6) is -0.210. The Labute approximate surface area is 79.5 Å². The fourth-order valence-electron chi connectivity index (χ4n) is 1.07. The molecule has 0 aliphatic rings. The zero-order valence-electron chi connectivity index (χ0n) is 8.63. The van der Waals surface area contributed by atoms with E-state index in [-0.39, 0.29) is 12.5 Å². The third-order valence-electron chi connectivity index (χ3n) is 2.46. The summed E-state index contributed by atoms with van der Waals surface area (Å²) in [7, 11) is 0. The van der Waals surface area contributed by atoms with Crippen molar-refractivity contribution >= 4 is 5.91 Å². The number of hydrogen-bond acceptors (Lipinski definition) is 3. The number of aliphatic hydroxyl groups is 1. The summed E-state index contributed by atoms with van der Waals surface area (Å²) in [6, 6.07) is -0.524. The van der Waals surface area contributed by atoms with Gasteiger partial charge in [0.05, 0.1) is 18.2 Å². The molecule has 0 aliphatic heterocycles. The zero-order valence-corrected chi connectivity index (χ0v) is 8.63. The summed E-state index contributed by atoms with van der Waals surface area (Å²) in [4.78, 5) is 11.3. The van der Waals surface area contributed by atoms with E-state index in [0.29, 0.717) is 12.8 Å². The highest BCUT2D eigenvalue weighted by Crippen LogP contribution is 2.13. The van der Waals surface area contributed by atoms with E-state index >= 15 is 0 Å². The molecule has 0 aliphatic carbocycles. The van der Waals surface area contributed by atoms with Crippen LogP contribution in [0.3, 0.4) is 0 Å². The smallest absolute Gasteiger partial charge is 0.237 e. The van der Waals surface area contributed by atoms with Crippen molar-refractivity contribution in [3.8, 4) is 0 Å². The minimum atomic E-state index is -0.524. The van der Waals surface area contributed by atoms with Crippen LogP contribution in [0.1, 0.15) is 33.6 Å². The molecular weight excluding hydrogens is 168 g/mol. The molecule has 0 bridgehead atoms. The summed E-state index contributed by atoms with van der Waals surface area (Å²) in [5, 5.41) is 11.9. The van der Waals surface area contributed by atoms with E-state index in [2.05, 4.69) is 5.32 Å². The molecule has 1 atom stereocenters. The van der Waals surface area contributed by atoms with Crippen molar-refractivity contribution in [3.63, 3.8) is 0 Å². The Hall–Kier alpha value is -0.610. The molecule has 0 saturated heterocycles. The van der Waals surface area contributed by atoms with E-state index in [1.807, 2.05) is 13.8 Å². The van der Waals surface area contributed by atoms with E-state index in [1.165, 1.54) is 0 Å². The number of carbonyl (C=O) groups excluding carboxylic acids is 1. The molecule has 0 saturated carbocycles. The predicted molar refractivity (Wildman–Crippen MR) is 52.2 cm³/mol. The molecule has 4 nitrogen and oxygen atoms in total. The minimum absolute atomic E-state index is 0.0432. The fourth-order valence-corrected chi connectivity index (χ4v) is 1.07. The van der Waals surface area contributed by atoms with Crippen molar-refractivity contribution in [3.05, 3.63) is 0 Å². The SMILES string of the molecule is CCC(CC)(CO)NC(=O)C(C)N. The Morgan fingerprint density at radius 2 is 2.00 bits per heavy atom. The predicted octanol–water partition coefficient (Wildman–Crippen LogP) is 0.000900. The number of nitrogens with two attached hydrogens (primary N) is 1. The van der Waals surface area contributed by atoms with Gasteiger partial charge in [-0.3, -0.25) is 4.79 Å². The van der Waals surface area contributed by atoms with Gasteiger partial charge in [0, 0.05) is 0 Å². The molecule has 0 rings (SSSR count). The van der Waals surface area contributed by atoms with Gasteiger partial charge in [0.25, 0.3) is 0 Å². The molecule has 0 radical (unpaired) electrons. The second kappa shape index (κ2) is 5.19. The number of rotatable bonds is 5. The average Bonchev–Trinajstić information content (AvgIpc) is 2.14. The van der Waals surface area contributed by atoms with Crippen molar-refractivity contribution in [2.24, 2.45) is 5.73 Å². The third-order valence-corrected chi connectivity index (χ3v) is 2.46. The Balaban J connectivity index is 4.33. The van der Waals surface area contributed by atoms with Crippen LogP contribution in [0.2, 0.25) is 0 Å². The standard InChI is InChI=1S/C9H20N2O2/c1-4-9(5-2,6-12)11-8(13)7(3)10/h7,12H,4-6,10H2,1-3H3,(H,11,13). The molecule has 13 heavy (non-hydrogen) atoms. The normalized spacial score (nSPS) is 13.9. The largest absolute Gasteiger partial charge is 0.394 e. The van der Waals surface area contributed by atoms with Crippen LogP contribution >= 0.6 is 0 Å². The maximum Gasteiger partial charge on any atom is 0.237 e. The molecule has 0 fully saturated rings. The van der Waals surface area contributed by atoms with Gasteiger partial charge in [-0.05, 0) is 19.8 Å². The molecule has 1 amide bonds. The first kappa shape index (κ1) is 12.4. The minimum Gasteiger partial charge on any atom is -0.394 e. The first-order valence-corrected chi connectivity index (χ1v) is 4.69. The number of aliphatic hydroxyl groups excluding tert-OH is 1. The summed E-state index contributed by atoms with van der Waals surface area (Å²) < 4.78 is 0.